The number of hydrogen-bond donors (Lipinski definition) is 2. The molecule has 0 saturated carbocycles. The van der Waals surface area contributed by atoms with Crippen LogP contribution in [0.1, 0.15) is 31.8 Å². The van der Waals surface area contributed by atoms with E-state index in [4.69, 9.17) is 13.6 Å². The number of aliphatic carboxylic acids is 1. The monoisotopic (exact) mass is 349 g/mol. The Morgan fingerprint density at radius 2 is 2.09 bits per heavy atom. The van der Waals surface area contributed by atoms with Crippen molar-refractivity contribution in [2.75, 3.05) is 11.5 Å². The number of carbonyl (C=O) groups is 2. The fraction of sp³-hybridized carbons (Fsp3) is 0.786. The molecule has 0 rings (SSSR count). The van der Waals surface area contributed by atoms with E-state index in [2.05, 4.69) is 5.32 Å². The average Bonchev–Trinajstić information content (AvgIpc) is 2.40. The molecule has 0 radical (unpaired) electrons. The number of carboxylic acid groups (broad SMARTS) is 1. The number of nitriles is 1. The first kappa shape index (κ1) is 15.8. The van der Waals surface area contributed by atoms with Crippen LogP contribution in [0.25, 0.3) is 0 Å². The van der Waals surface area contributed by atoms with Crippen molar-refractivity contribution in [3.63, 3.8) is 0 Å². The van der Waals surface area contributed by atoms with Gasteiger partial charge in [0.2, 0.25) is 5.91 Å². The minimum atomic E-state index is -2.62. The van der Waals surface area contributed by atoms with E-state index in [1.54, 1.807) is 19.2 Å². The molecule has 2 atom stereocenters. The van der Waals surface area contributed by atoms with E-state index >= 15 is 0 Å². The molecular weight excluding hydrogens is 320 g/mol. The first-order chi connectivity index (χ1) is 11.0. The standard InChI is InChI=1S/C14H26N2O4SSi/c1-10(17)16-12(13(18)19)9-21-8-11(7-15)20-22(5,6)14(2,3)4/h11-12H,8-9H2,1-6H3,(H,16,17)(H,18,19)/t11?,12-/m0/s1/i8D2,11D. The molecule has 2 N–H and O–H groups in total. The number of nitrogens with zero attached hydrogens (tertiary/aromatic N) is 1. The predicted molar refractivity (Wildman–Crippen MR) is 90.2 cm³/mol. The van der Waals surface area contributed by atoms with Crippen molar-refractivity contribution in [3.05, 3.63) is 0 Å². The minimum Gasteiger partial charge on any atom is -0.480 e. The van der Waals surface area contributed by atoms with Gasteiger partial charge in [0.15, 0.2) is 8.32 Å². The first-order valence-corrected chi connectivity index (χ1v) is 10.6. The molecule has 8 heteroatoms. The second-order valence-electron chi connectivity index (χ2n) is 6.31. The van der Waals surface area contributed by atoms with Gasteiger partial charge in [-0.1, -0.05) is 20.8 Å². The van der Waals surface area contributed by atoms with Gasteiger partial charge in [-0.15, -0.1) is 0 Å². The first-order valence-electron chi connectivity index (χ1n) is 8.24. The lowest BCUT2D eigenvalue weighted by atomic mass is 10.2. The number of thioether (sulfide) groups is 1. The Morgan fingerprint density at radius 3 is 2.45 bits per heavy atom. The molecule has 22 heavy (non-hydrogen) atoms. The summed E-state index contributed by atoms with van der Waals surface area (Å²) in [5.41, 5.74) is -2.50. The van der Waals surface area contributed by atoms with Crippen LogP contribution in [-0.4, -0.2) is 48.9 Å². The molecule has 1 unspecified atom stereocenters. The lowest BCUT2D eigenvalue weighted by Gasteiger charge is -2.37. The van der Waals surface area contributed by atoms with Gasteiger partial charge in [0.25, 0.3) is 0 Å². The van der Waals surface area contributed by atoms with Gasteiger partial charge in [-0.3, -0.25) is 4.79 Å². The van der Waals surface area contributed by atoms with E-state index in [0.29, 0.717) is 11.8 Å². The summed E-state index contributed by atoms with van der Waals surface area (Å²) in [5, 5.41) is 20.3. The Balaban J connectivity index is 5.39. The topological polar surface area (TPSA) is 99.4 Å². The van der Waals surface area contributed by atoms with Crippen LogP contribution in [0.15, 0.2) is 0 Å². The van der Waals surface area contributed by atoms with Gasteiger partial charge in [0, 0.05) is 21.1 Å². The molecule has 0 saturated heterocycles. The highest BCUT2D eigenvalue weighted by atomic mass is 32.2. The SMILES string of the molecule is [2H]C(C#N)(O[Si](C)(C)C(C)(C)C)C([2H])([2H])SC[C@H](NC(C)=O)C(=O)O. The number of hydrogen-bond acceptors (Lipinski definition) is 5. The molecule has 0 aromatic carbocycles. The number of nitrogens with one attached hydrogen (secondary N) is 1. The summed E-state index contributed by atoms with van der Waals surface area (Å²) in [7, 11) is -2.62. The van der Waals surface area contributed by atoms with E-state index < -0.39 is 38.0 Å². The van der Waals surface area contributed by atoms with Crippen LogP contribution in [0, 0.1) is 11.3 Å². The summed E-state index contributed by atoms with van der Waals surface area (Å²) >= 11 is 0.465. The second kappa shape index (κ2) is 8.55. The van der Waals surface area contributed by atoms with Crippen molar-refractivity contribution in [2.24, 2.45) is 0 Å². The summed E-state index contributed by atoms with van der Waals surface area (Å²) in [6.07, 6.45) is -2.50. The number of rotatable bonds is 8. The molecule has 0 aliphatic carbocycles. The zero-order valence-corrected chi connectivity index (χ0v) is 15.6. The van der Waals surface area contributed by atoms with Gasteiger partial charge in [0.05, 0.1) is 7.44 Å². The van der Waals surface area contributed by atoms with E-state index in [9.17, 15) is 14.9 Å². The van der Waals surface area contributed by atoms with Crippen LogP contribution in [-0.2, 0) is 14.0 Å². The van der Waals surface area contributed by atoms with Crippen molar-refractivity contribution in [2.45, 2.75) is 57.9 Å². The third-order valence-corrected chi connectivity index (χ3v) is 8.51. The minimum absolute atomic E-state index is 0.337. The van der Waals surface area contributed by atoms with Crippen LogP contribution in [0.2, 0.25) is 18.1 Å². The van der Waals surface area contributed by atoms with Crippen LogP contribution in [0.5, 0.6) is 0 Å². The van der Waals surface area contributed by atoms with Crippen LogP contribution in [0.4, 0.5) is 0 Å². The largest absolute Gasteiger partial charge is 0.480 e. The third kappa shape index (κ3) is 7.29. The van der Waals surface area contributed by atoms with E-state index in [1.807, 2.05) is 20.8 Å². The summed E-state index contributed by atoms with van der Waals surface area (Å²) in [5.74, 6) is -2.23. The highest BCUT2D eigenvalue weighted by Crippen LogP contribution is 2.37. The molecule has 0 bridgehead atoms. The summed E-state index contributed by atoms with van der Waals surface area (Å²) in [4.78, 5) is 22.2. The van der Waals surface area contributed by atoms with Crippen LogP contribution in [0.3, 0.4) is 0 Å². The molecule has 0 aromatic rings. The average molecular weight is 350 g/mol. The molecule has 0 spiro atoms. The molecular formula is C14H26N2O4SSi. The normalized spacial score (nSPS) is 18.9. The molecule has 0 aliphatic rings. The number of carboxylic acids is 1. The smallest absolute Gasteiger partial charge is 0.327 e. The Labute approximate surface area is 141 Å². The summed E-state index contributed by atoms with van der Waals surface area (Å²) < 4.78 is 30.1. The lowest BCUT2D eigenvalue weighted by molar-refractivity contribution is -0.140. The highest BCUT2D eigenvalue weighted by molar-refractivity contribution is 7.99. The maximum Gasteiger partial charge on any atom is 0.327 e. The van der Waals surface area contributed by atoms with Gasteiger partial charge in [-0.25, -0.2) is 4.79 Å². The van der Waals surface area contributed by atoms with Gasteiger partial charge < -0.3 is 14.8 Å². The molecule has 126 valence electrons. The van der Waals surface area contributed by atoms with Crippen molar-refractivity contribution in [3.8, 4) is 6.07 Å². The molecule has 0 aliphatic heterocycles. The zero-order chi connectivity index (χ0) is 20.3. The molecule has 1 amide bonds. The lowest BCUT2D eigenvalue weighted by Crippen LogP contribution is -2.44. The zero-order valence-electron chi connectivity index (χ0n) is 16.8. The van der Waals surface area contributed by atoms with Crippen molar-refractivity contribution in [1.29, 1.82) is 5.26 Å². The number of carbonyl (C=O) groups excluding carboxylic acids is 1. The van der Waals surface area contributed by atoms with Crippen LogP contribution >= 0.6 is 11.8 Å². The molecule has 0 fully saturated rings. The van der Waals surface area contributed by atoms with Gasteiger partial charge >= 0.3 is 5.97 Å². The van der Waals surface area contributed by atoms with E-state index in [1.165, 1.54) is 0 Å². The Hall–Kier alpha value is -1.04. The molecule has 0 heterocycles. The molecule has 6 nitrogen and oxygen atoms in total. The maximum absolute atomic E-state index is 11.1. The van der Waals surface area contributed by atoms with E-state index in [0.717, 1.165) is 6.92 Å². The quantitative estimate of drug-likeness (QED) is 0.652. The second-order valence-corrected chi connectivity index (χ2v) is 11.9. The van der Waals surface area contributed by atoms with Gasteiger partial charge in [-0.2, -0.15) is 17.0 Å². The van der Waals surface area contributed by atoms with Gasteiger partial charge in [0.1, 0.15) is 12.1 Å². The van der Waals surface area contributed by atoms with Gasteiger partial charge in [-0.05, 0) is 18.1 Å². The van der Waals surface area contributed by atoms with E-state index in [-0.39, 0.29) is 10.8 Å². The molecule has 0 aromatic heterocycles. The highest BCUT2D eigenvalue weighted by Gasteiger charge is 2.39. The van der Waals surface area contributed by atoms with Crippen molar-refractivity contribution < 1.29 is 23.2 Å². The van der Waals surface area contributed by atoms with Crippen molar-refractivity contribution >= 4 is 32.0 Å². The maximum atomic E-state index is 11.1. The van der Waals surface area contributed by atoms with Crippen LogP contribution < -0.4 is 5.32 Å². The predicted octanol–water partition coefficient (Wildman–Crippen LogP) is 2.22. The summed E-state index contributed by atoms with van der Waals surface area (Å²) in [6, 6.07) is 0.264. The number of amides is 1. The Bertz CT molecular complexity index is 563. The Morgan fingerprint density at radius 1 is 1.55 bits per heavy atom. The van der Waals surface area contributed by atoms with Crippen molar-refractivity contribution in [1.82, 2.24) is 5.32 Å². The summed E-state index contributed by atoms with van der Waals surface area (Å²) in [6.45, 7) is 10.4. The Kier molecular flexibility index (Phi) is 6.16. The fourth-order valence-electron chi connectivity index (χ4n) is 1.09. The fourth-order valence-corrected chi connectivity index (χ4v) is 2.77. The third-order valence-electron chi connectivity index (χ3n) is 3.36.